The first-order valence-corrected chi connectivity index (χ1v) is 10.7. The third-order valence-electron chi connectivity index (χ3n) is 4.07. The van der Waals surface area contributed by atoms with Crippen LogP contribution >= 0.6 is 27.3 Å². The number of amides is 1. The highest BCUT2D eigenvalue weighted by Gasteiger charge is 2.23. The molecular weight excluding hydrogens is 454 g/mol. The molecule has 1 heterocycles. The van der Waals surface area contributed by atoms with Gasteiger partial charge in [0.05, 0.1) is 6.61 Å². The SMILES string of the molecule is CCOC(=O)c1c(-c2ccc(Br)cc2)csc1NC(=O)COc1ccc(C)cc1. The van der Waals surface area contributed by atoms with Crippen molar-refractivity contribution in [2.75, 3.05) is 18.5 Å². The van der Waals surface area contributed by atoms with Gasteiger partial charge in [-0.1, -0.05) is 45.8 Å². The highest BCUT2D eigenvalue weighted by Crippen LogP contribution is 2.36. The van der Waals surface area contributed by atoms with E-state index in [0.29, 0.717) is 16.3 Å². The molecule has 0 radical (unpaired) electrons. The fraction of sp³-hybridized carbons (Fsp3) is 0.182. The van der Waals surface area contributed by atoms with Crippen LogP contribution in [0.15, 0.2) is 58.4 Å². The van der Waals surface area contributed by atoms with Gasteiger partial charge in [-0.05, 0) is 43.7 Å². The van der Waals surface area contributed by atoms with E-state index in [2.05, 4.69) is 21.2 Å². The maximum atomic E-state index is 12.6. The molecule has 1 amide bonds. The van der Waals surface area contributed by atoms with Gasteiger partial charge in [0.2, 0.25) is 0 Å². The lowest BCUT2D eigenvalue weighted by molar-refractivity contribution is -0.118. The monoisotopic (exact) mass is 473 g/mol. The maximum absolute atomic E-state index is 12.6. The third-order valence-corrected chi connectivity index (χ3v) is 5.49. The molecule has 150 valence electrons. The van der Waals surface area contributed by atoms with Gasteiger partial charge in [-0.2, -0.15) is 0 Å². The molecule has 0 fully saturated rings. The zero-order valence-corrected chi connectivity index (χ0v) is 18.4. The van der Waals surface area contributed by atoms with Crippen LogP contribution in [0.3, 0.4) is 0 Å². The lowest BCUT2D eigenvalue weighted by Gasteiger charge is -2.10. The lowest BCUT2D eigenvalue weighted by Crippen LogP contribution is -2.21. The number of thiophene rings is 1. The van der Waals surface area contributed by atoms with Crippen LogP contribution in [0.5, 0.6) is 5.75 Å². The maximum Gasteiger partial charge on any atom is 0.341 e. The molecule has 2 aromatic carbocycles. The van der Waals surface area contributed by atoms with Crippen molar-refractivity contribution in [3.8, 4) is 16.9 Å². The van der Waals surface area contributed by atoms with Crippen LogP contribution < -0.4 is 10.1 Å². The van der Waals surface area contributed by atoms with E-state index in [9.17, 15) is 9.59 Å². The van der Waals surface area contributed by atoms with E-state index in [1.54, 1.807) is 6.92 Å². The molecule has 3 aromatic rings. The molecule has 1 aromatic heterocycles. The number of benzene rings is 2. The number of hydrogen-bond acceptors (Lipinski definition) is 5. The average molecular weight is 474 g/mol. The number of nitrogens with one attached hydrogen (secondary N) is 1. The van der Waals surface area contributed by atoms with Crippen LogP contribution in [-0.2, 0) is 9.53 Å². The fourth-order valence-corrected chi connectivity index (χ4v) is 3.88. The molecule has 3 rings (SSSR count). The second kappa shape index (κ2) is 9.71. The highest BCUT2D eigenvalue weighted by atomic mass is 79.9. The molecule has 0 unspecified atom stereocenters. The average Bonchev–Trinajstić information content (AvgIpc) is 3.12. The van der Waals surface area contributed by atoms with Crippen LogP contribution in [0.25, 0.3) is 11.1 Å². The Morgan fingerprint density at radius 2 is 1.76 bits per heavy atom. The van der Waals surface area contributed by atoms with Crippen LogP contribution in [-0.4, -0.2) is 25.1 Å². The van der Waals surface area contributed by atoms with Crippen molar-refractivity contribution in [2.45, 2.75) is 13.8 Å². The number of anilines is 1. The molecule has 5 nitrogen and oxygen atoms in total. The number of rotatable bonds is 7. The predicted octanol–water partition coefficient (Wildman–Crippen LogP) is 5.68. The van der Waals surface area contributed by atoms with Crippen molar-refractivity contribution in [3.05, 3.63) is 69.5 Å². The zero-order valence-electron chi connectivity index (χ0n) is 16.0. The first-order valence-electron chi connectivity index (χ1n) is 9.01. The minimum Gasteiger partial charge on any atom is -0.484 e. The van der Waals surface area contributed by atoms with Gasteiger partial charge in [0, 0.05) is 15.4 Å². The minimum atomic E-state index is -0.471. The molecule has 0 aliphatic carbocycles. The van der Waals surface area contributed by atoms with E-state index >= 15 is 0 Å². The first-order chi connectivity index (χ1) is 14.0. The molecule has 29 heavy (non-hydrogen) atoms. The summed E-state index contributed by atoms with van der Waals surface area (Å²) in [6, 6.07) is 15.0. The summed E-state index contributed by atoms with van der Waals surface area (Å²) >= 11 is 4.69. The van der Waals surface area contributed by atoms with Crippen molar-refractivity contribution >= 4 is 44.1 Å². The normalized spacial score (nSPS) is 10.4. The smallest absolute Gasteiger partial charge is 0.341 e. The molecule has 0 saturated carbocycles. The number of carbonyl (C=O) groups is 2. The van der Waals surface area contributed by atoms with E-state index in [-0.39, 0.29) is 19.1 Å². The fourth-order valence-electron chi connectivity index (χ4n) is 2.64. The van der Waals surface area contributed by atoms with E-state index in [1.807, 2.05) is 60.8 Å². The standard InChI is InChI=1S/C22H20BrNO4S/c1-3-27-22(26)20-18(15-6-8-16(23)9-7-15)13-29-21(20)24-19(25)12-28-17-10-4-14(2)5-11-17/h4-11,13H,3,12H2,1-2H3,(H,24,25). The van der Waals surface area contributed by atoms with Gasteiger partial charge < -0.3 is 14.8 Å². The Kier molecular flexibility index (Phi) is 7.06. The van der Waals surface area contributed by atoms with Gasteiger partial charge in [0.15, 0.2) is 6.61 Å². The number of aryl methyl sites for hydroxylation is 1. The van der Waals surface area contributed by atoms with Crippen molar-refractivity contribution in [1.82, 2.24) is 0 Å². The van der Waals surface area contributed by atoms with Gasteiger partial charge in [0.1, 0.15) is 16.3 Å². The number of ether oxygens (including phenoxy) is 2. The van der Waals surface area contributed by atoms with Gasteiger partial charge >= 0.3 is 5.97 Å². The Morgan fingerprint density at radius 3 is 2.41 bits per heavy atom. The zero-order chi connectivity index (χ0) is 20.8. The van der Waals surface area contributed by atoms with E-state index in [0.717, 1.165) is 21.2 Å². The molecule has 1 N–H and O–H groups in total. The van der Waals surface area contributed by atoms with Crippen molar-refractivity contribution < 1.29 is 19.1 Å². The molecule has 0 bridgehead atoms. The largest absolute Gasteiger partial charge is 0.484 e. The summed E-state index contributed by atoms with van der Waals surface area (Å²) in [6.45, 7) is 3.82. The summed E-state index contributed by atoms with van der Waals surface area (Å²) in [5, 5.41) is 5.06. The topological polar surface area (TPSA) is 64.6 Å². The Morgan fingerprint density at radius 1 is 1.07 bits per heavy atom. The molecular formula is C22H20BrNO4S. The highest BCUT2D eigenvalue weighted by molar-refractivity contribution is 9.10. The summed E-state index contributed by atoms with van der Waals surface area (Å²) in [7, 11) is 0. The lowest BCUT2D eigenvalue weighted by atomic mass is 10.0. The minimum absolute atomic E-state index is 0.156. The number of halogens is 1. The summed E-state index contributed by atoms with van der Waals surface area (Å²) < 4.78 is 11.7. The second-order valence-corrected chi connectivity index (χ2v) is 8.03. The third kappa shape index (κ3) is 5.46. The summed E-state index contributed by atoms with van der Waals surface area (Å²) in [6.07, 6.45) is 0. The van der Waals surface area contributed by atoms with E-state index < -0.39 is 5.97 Å². The molecule has 7 heteroatoms. The van der Waals surface area contributed by atoms with Gasteiger partial charge in [-0.15, -0.1) is 11.3 Å². The quantitative estimate of drug-likeness (QED) is 0.448. The Labute approximate surface area is 181 Å². The molecule has 0 saturated heterocycles. The number of esters is 1. The Balaban J connectivity index is 1.78. The van der Waals surface area contributed by atoms with Crippen LogP contribution in [0, 0.1) is 6.92 Å². The molecule has 0 spiro atoms. The summed E-state index contributed by atoms with van der Waals surface area (Å²) in [5.41, 5.74) is 3.04. The molecule has 0 aliphatic rings. The first kappa shape index (κ1) is 21.1. The predicted molar refractivity (Wildman–Crippen MR) is 119 cm³/mol. The summed E-state index contributed by atoms with van der Waals surface area (Å²) in [4.78, 5) is 25.0. The summed E-state index contributed by atoms with van der Waals surface area (Å²) in [5.74, 6) is -0.208. The molecule has 0 atom stereocenters. The van der Waals surface area contributed by atoms with Gasteiger partial charge in [-0.25, -0.2) is 4.79 Å². The Hall–Kier alpha value is -2.64. The van der Waals surface area contributed by atoms with Gasteiger partial charge in [0.25, 0.3) is 5.91 Å². The van der Waals surface area contributed by atoms with Gasteiger partial charge in [-0.3, -0.25) is 4.79 Å². The van der Waals surface area contributed by atoms with Crippen molar-refractivity contribution in [3.63, 3.8) is 0 Å². The number of hydrogen-bond donors (Lipinski definition) is 1. The molecule has 0 aliphatic heterocycles. The Bertz CT molecular complexity index is 997. The second-order valence-electron chi connectivity index (χ2n) is 6.23. The van der Waals surface area contributed by atoms with Crippen molar-refractivity contribution in [1.29, 1.82) is 0 Å². The van der Waals surface area contributed by atoms with E-state index in [1.165, 1.54) is 11.3 Å². The number of carbonyl (C=O) groups excluding carboxylic acids is 2. The van der Waals surface area contributed by atoms with E-state index in [4.69, 9.17) is 9.47 Å². The van der Waals surface area contributed by atoms with Crippen LogP contribution in [0.4, 0.5) is 5.00 Å². The van der Waals surface area contributed by atoms with Crippen LogP contribution in [0.2, 0.25) is 0 Å². The van der Waals surface area contributed by atoms with Crippen molar-refractivity contribution in [2.24, 2.45) is 0 Å². The van der Waals surface area contributed by atoms with Crippen LogP contribution in [0.1, 0.15) is 22.8 Å².